The monoisotopic (exact) mass is 351 g/mol. The molecule has 0 aliphatic rings. The third-order valence-corrected chi connectivity index (χ3v) is 4.25. The van der Waals surface area contributed by atoms with Gasteiger partial charge < -0.3 is 10.1 Å². The molecule has 1 N–H and O–H groups in total. The quantitative estimate of drug-likeness (QED) is 0.873. The first-order valence-corrected chi connectivity index (χ1v) is 7.54. The van der Waals surface area contributed by atoms with Gasteiger partial charge in [-0.1, -0.05) is 28.1 Å². The molecule has 0 amide bonds. The van der Waals surface area contributed by atoms with Gasteiger partial charge >= 0.3 is 0 Å². The first-order chi connectivity index (χ1) is 9.97. The molecule has 0 fully saturated rings. The van der Waals surface area contributed by atoms with E-state index in [9.17, 15) is 4.39 Å². The number of aryl methyl sites for hydroxylation is 2. The Morgan fingerprint density at radius 3 is 2.48 bits per heavy atom. The molecule has 2 nitrogen and oxygen atoms in total. The Balaban J connectivity index is 2.61. The van der Waals surface area contributed by atoms with Gasteiger partial charge in [-0.15, -0.1) is 0 Å². The van der Waals surface area contributed by atoms with Crippen LogP contribution in [0.3, 0.4) is 0 Å². The molecule has 1 atom stereocenters. The molecular formula is C17H19BrFNO. The third kappa shape index (κ3) is 3.27. The van der Waals surface area contributed by atoms with E-state index < -0.39 is 0 Å². The lowest BCUT2D eigenvalue weighted by Crippen LogP contribution is -2.20. The minimum Gasteiger partial charge on any atom is -0.496 e. The van der Waals surface area contributed by atoms with E-state index in [0.29, 0.717) is 0 Å². The van der Waals surface area contributed by atoms with E-state index >= 15 is 0 Å². The Bertz CT molecular complexity index is 657. The predicted molar refractivity (Wildman–Crippen MR) is 87.5 cm³/mol. The van der Waals surface area contributed by atoms with E-state index in [4.69, 9.17) is 4.74 Å². The predicted octanol–water partition coefficient (Wildman–Crippen LogP) is 4.52. The Hall–Kier alpha value is -1.39. The van der Waals surface area contributed by atoms with Gasteiger partial charge in [-0.3, -0.25) is 0 Å². The maximum atomic E-state index is 13.3. The molecule has 2 rings (SSSR count). The zero-order valence-corrected chi connectivity index (χ0v) is 14.2. The summed E-state index contributed by atoms with van der Waals surface area (Å²) in [6, 6.07) is 8.81. The van der Waals surface area contributed by atoms with Gasteiger partial charge in [-0.05, 0) is 55.8 Å². The highest BCUT2D eigenvalue weighted by atomic mass is 79.9. The van der Waals surface area contributed by atoms with Crippen molar-refractivity contribution in [2.75, 3.05) is 14.2 Å². The van der Waals surface area contributed by atoms with E-state index in [2.05, 4.69) is 34.2 Å². The fourth-order valence-electron chi connectivity index (χ4n) is 2.67. The van der Waals surface area contributed by atoms with Crippen molar-refractivity contribution >= 4 is 15.9 Å². The highest BCUT2D eigenvalue weighted by Crippen LogP contribution is 2.36. The number of rotatable bonds is 4. The van der Waals surface area contributed by atoms with Crippen LogP contribution >= 0.6 is 15.9 Å². The molecule has 0 heterocycles. The Labute approximate surface area is 133 Å². The van der Waals surface area contributed by atoms with Gasteiger partial charge in [0.05, 0.1) is 13.2 Å². The van der Waals surface area contributed by atoms with Gasteiger partial charge in [0.25, 0.3) is 0 Å². The second-order valence-electron chi connectivity index (χ2n) is 5.09. The average molecular weight is 352 g/mol. The van der Waals surface area contributed by atoms with Crippen LogP contribution in [0, 0.1) is 19.7 Å². The zero-order valence-electron chi connectivity index (χ0n) is 12.6. The van der Waals surface area contributed by atoms with Crippen LogP contribution in [-0.4, -0.2) is 14.2 Å². The molecule has 0 saturated carbocycles. The molecule has 0 radical (unpaired) electrons. The maximum absolute atomic E-state index is 13.3. The summed E-state index contributed by atoms with van der Waals surface area (Å²) in [6.45, 7) is 4.11. The van der Waals surface area contributed by atoms with Gasteiger partial charge in [0.2, 0.25) is 0 Å². The standard InChI is InChI=1S/C17H19BrFNO/c1-10-7-11(2)16(15(8-10)21-4)17(20-3)13-6-5-12(19)9-14(13)18/h5-9,17,20H,1-4H3. The molecule has 112 valence electrons. The largest absolute Gasteiger partial charge is 0.496 e. The van der Waals surface area contributed by atoms with Crippen LogP contribution in [0.5, 0.6) is 5.75 Å². The van der Waals surface area contributed by atoms with Crippen molar-refractivity contribution in [3.05, 3.63) is 62.9 Å². The average Bonchev–Trinajstić information content (AvgIpc) is 2.42. The Kier molecular flexibility index (Phi) is 5.01. The molecule has 0 aromatic heterocycles. The van der Waals surface area contributed by atoms with E-state index in [-0.39, 0.29) is 11.9 Å². The van der Waals surface area contributed by atoms with Crippen LogP contribution in [0.25, 0.3) is 0 Å². The summed E-state index contributed by atoms with van der Waals surface area (Å²) in [7, 11) is 3.56. The molecule has 0 saturated heterocycles. The maximum Gasteiger partial charge on any atom is 0.124 e. The van der Waals surface area contributed by atoms with Crippen LogP contribution in [0.15, 0.2) is 34.8 Å². The van der Waals surface area contributed by atoms with E-state index in [1.54, 1.807) is 13.2 Å². The number of hydrogen-bond donors (Lipinski definition) is 1. The van der Waals surface area contributed by atoms with Gasteiger partial charge in [-0.2, -0.15) is 0 Å². The summed E-state index contributed by atoms with van der Waals surface area (Å²) in [6.07, 6.45) is 0. The Morgan fingerprint density at radius 2 is 1.90 bits per heavy atom. The minimum absolute atomic E-state index is 0.0736. The van der Waals surface area contributed by atoms with Crippen molar-refractivity contribution < 1.29 is 9.13 Å². The first kappa shape index (κ1) is 16.0. The molecule has 2 aromatic rings. The summed E-state index contributed by atoms with van der Waals surface area (Å²) in [5, 5.41) is 3.30. The van der Waals surface area contributed by atoms with Crippen molar-refractivity contribution in [1.82, 2.24) is 5.32 Å². The van der Waals surface area contributed by atoms with Crippen molar-refractivity contribution in [2.24, 2.45) is 0 Å². The number of halogens is 2. The zero-order chi connectivity index (χ0) is 15.6. The highest BCUT2D eigenvalue weighted by Gasteiger charge is 2.21. The van der Waals surface area contributed by atoms with Crippen LogP contribution in [0.1, 0.15) is 28.3 Å². The van der Waals surface area contributed by atoms with E-state index in [0.717, 1.165) is 32.5 Å². The molecule has 2 aromatic carbocycles. The first-order valence-electron chi connectivity index (χ1n) is 6.75. The van der Waals surface area contributed by atoms with Gasteiger partial charge in [0.1, 0.15) is 11.6 Å². The molecule has 0 aliphatic carbocycles. The summed E-state index contributed by atoms with van der Waals surface area (Å²) in [5.41, 5.74) is 4.34. The molecule has 0 bridgehead atoms. The van der Waals surface area contributed by atoms with Crippen molar-refractivity contribution in [3.63, 3.8) is 0 Å². The van der Waals surface area contributed by atoms with Crippen molar-refractivity contribution in [3.8, 4) is 5.75 Å². The second-order valence-corrected chi connectivity index (χ2v) is 5.94. The topological polar surface area (TPSA) is 21.3 Å². The van der Waals surface area contributed by atoms with Crippen molar-refractivity contribution in [1.29, 1.82) is 0 Å². The van der Waals surface area contributed by atoms with Gasteiger partial charge in [-0.25, -0.2) is 4.39 Å². The normalized spacial score (nSPS) is 12.3. The molecule has 0 aliphatic heterocycles. The lowest BCUT2D eigenvalue weighted by atomic mass is 9.93. The van der Waals surface area contributed by atoms with E-state index in [1.165, 1.54) is 12.1 Å². The molecule has 4 heteroatoms. The number of hydrogen-bond acceptors (Lipinski definition) is 2. The lowest BCUT2D eigenvalue weighted by Gasteiger charge is -2.23. The SMILES string of the molecule is CNC(c1ccc(F)cc1Br)c1c(C)cc(C)cc1OC. The third-order valence-electron chi connectivity index (χ3n) is 3.56. The fraction of sp³-hybridized carbons (Fsp3) is 0.294. The molecule has 1 unspecified atom stereocenters. The molecule has 21 heavy (non-hydrogen) atoms. The summed E-state index contributed by atoms with van der Waals surface area (Å²) in [4.78, 5) is 0. The Morgan fingerprint density at radius 1 is 1.19 bits per heavy atom. The smallest absolute Gasteiger partial charge is 0.124 e. The number of methoxy groups -OCH3 is 1. The van der Waals surface area contributed by atoms with Crippen LogP contribution in [0.2, 0.25) is 0 Å². The fourth-order valence-corrected chi connectivity index (χ4v) is 3.25. The number of ether oxygens (including phenoxy) is 1. The van der Waals surface area contributed by atoms with Gasteiger partial charge in [0.15, 0.2) is 0 Å². The highest BCUT2D eigenvalue weighted by molar-refractivity contribution is 9.10. The number of nitrogens with one attached hydrogen (secondary N) is 1. The van der Waals surface area contributed by atoms with Crippen LogP contribution < -0.4 is 10.1 Å². The summed E-state index contributed by atoms with van der Waals surface area (Å²) in [5.74, 6) is 0.580. The minimum atomic E-state index is -0.256. The van der Waals surface area contributed by atoms with Crippen LogP contribution in [-0.2, 0) is 0 Å². The van der Waals surface area contributed by atoms with Crippen LogP contribution in [0.4, 0.5) is 4.39 Å². The molecular weight excluding hydrogens is 333 g/mol. The second kappa shape index (κ2) is 6.58. The van der Waals surface area contributed by atoms with Crippen molar-refractivity contribution in [2.45, 2.75) is 19.9 Å². The molecule has 0 spiro atoms. The van der Waals surface area contributed by atoms with Gasteiger partial charge in [0, 0.05) is 10.0 Å². The number of benzene rings is 2. The lowest BCUT2D eigenvalue weighted by molar-refractivity contribution is 0.404. The summed E-state index contributed by atoms with van der Waals surface area (Å²) >= 11 is 3.45. The van der Waals surface area contributed by atoms with E-state index in [1.807, 2.05) is 20.0 Å². The summed E-state index contributed by atoms with van der Waals surface area (Å²) < 4.78 is 19.6.